The Labute approximate surface area is 92.6 Å². The lowest BCUT2D eigenvalue weighted by atomic mass is 10.0. The van der Waals surface area contributed by atoms with Crippen molar-refractivity contribution in [3.05, 3.63) is 0 Å². The predicted molar refractivity (Wildman–Crippen MR) is 65.8 cm³/mol. The first-order valence-electron chi connectivity index (χ1n) is 5.69. The van der Waals surface area contributed by atoms with E-state index in [1.165, 1.54) is 25.4 Å². The molecule has 0 aliphatic carbocycles. The molecule has 1 rings (SSSR count). The molecule has 14 heavy (non-hydrogen) atoms. The van der Waals surface area contributed by atoms with Crippen LogP contribution in [0.15, 0.2) is 0 Å². The molecule has 0 bridgehead atoms. The molecule has 0 spiro atoms. The van der Waals surface area contributed by atoms with Crippen molar-refractivity contribution >= 4 is 11.8 Å². The lowest BCUT2D eigenvalue weighted by Gasteiger charge is -2.31. The molecular formula is C11H24N2S. The fraction of sp³-hybridized carbons (Fsp3) is 1.00. The van der Waals surface area contributed by atoms with Crippen molar-refractivity contribution < 1.29 is 0 Å². The Morgan fingerprint density at radius 3 is 2.79 bits per heavy atom. The minimum atomic E-state index is 0.375. The fourth-order valence-corrected chi connectivity index (χ4v) is 2.84. The molecule has 2 atom stereocenters. The van der Waals surface area contributed by atoms with E-state index < -0.39 is 0 Å². The number of hydrogen-bond acceptors (Lipinski definition) is 3. The predicted octanol–water partition coefficient (Wildman–Crippen LogP) is 1.80. The second-order valence-electron chi connectivity index (χ2n) is 4.68. The summed E-state index contributed by atoms with van der Waals surface area (Å²) in [4.78, 5) is 2.56. The zero-order valence-electron chi connectivity index (χ0n) is 9.70. The van der Waals surface area contributed by atoms with E-state index in [1.807, 2.05) is 0 Å². The largest absolute Gasteiger partial charge is 0.327 e. The van der Waals surface area contributed by atoms with Crippen molar-refractivity contribution in [3.63, 3.8) is 0 Å². The van der Waals surface area contributed by atoms with Crippen molar-refractivity contribution in [3.8, 4) is 0 Å². The minimum Gasteiger partial charge on any atom is -0.327 e. The number of hydrogen-bond donors (Lipinski definition) is 1. The molecule has 1 aliphatic heterocycles. The van der Waals surface area contributed by atoms with E-state index in [9.17, 15) is 0 Å². The second kappa shape index (κ2) is 5.99. The zero-order valence-corrected chi connectivity index (χ0v) is 10.5. The first-order chi connectivity index (χ1) is 6.59. The maximum Gasteiger partial charge on any atom is 0.0147 e. The summed E-state index contributed by atoms with van der Waals surface area (Å²) in [5.41, 5.74) is 6.04. The van der Waals surface area contributed by atoms with Crippen molar-refractivity contribution in [1.82, 2.24) is 4.90 Å². The van der Waals surface area contributed by atoms with Crippen LogP contribution in [0.2, 0.25) is 0 Å². The van der Waals surface area contributed by atoms with E-state index >= 15 is 0 Å². The standard InChI is InChI=1S/C11H24N2S/c1-9(2)11(12)4-5-13-6-7-14-10(3)8-13/h9-11H,4-8,12H2,1-3H3. The van der Waals surface area contributed by atoms with Crippen LogP contribution in [-0.4, -0.2) is 41.6 Å². The summed E-state index contributed by atoms with van der Waals surface area (Å²) >= 11 is 2.09. The van der Waals surface area contributed by atoms with E-state index in [-0.39, 0.29) is 0 Å². The van der Waals surface area contributed by atoms with Gasteiger partial charge in [0.05, 0.1) is 0 Å². The van der Waals surface area contributed by atoms with Gasteiger partial charge in [-0.25, -0.2) is 0 Å². The number of rotatable bonds is 4. The lowest BCUT2D eigenvalue weighted by molar-refractivity contribution is 0.265. The second-order valence-corrected chi connectivity index (χ2v) is 6.22. The summed E-state index contributed by atoms with van der Waals surface area (Å²) in [6.45, 7) is 10.4. The molecule has 0 amide bonds. The Morgan fingerprint density at radius 1 is 1.50 bits per heavy atom. The summed E-state index contributed by atoms with van der Waals surface area (Å²) in [5.74, 6) is 1.91. The van der Waals surface area contributed by atoms with Crippen molar-refractivity contribution in [1.29, 1.82) is 0 Å². The fourth-order valence-electron chi connectivity index (χ4n) is 1.76. The summed E-state index contributed by atoms with van der Waals surface area (Å²) in [5, 5.41) is 0.805. The molecule has 2 N–H and O–H groups in total. The van der Waals surface area contributed by atoms with Crippen molar-refractivity contribution in [2.75, 3.05) is 25.4 Å². The quantitative estimate of drug-likeness (QED) is 0.777. The molecule has 2 unspecified atom stereocenters. The van der Waals surface area contributed by atoms with Crippen LogP contribution in [0.5, 0.6) is 0 Å². The molecular weight excluding hydrogens is 192 g/mol. The molecule has 0 aromatic heterocycles. The third-order valence-electron chi connectivity index (χ3n) is 2.96. The molecule has 2 nitrogen and oxygen atoms in total. The van der Waals surface area contributed by atoms with Crippen LogP contribution in [0.4, 0.5) is 0 Å². The lowest BCUT2D eigenvalue weighted by Crippen LogP contribution is -2.40. The molecule has 1 fully saturated rings. The highest BCUT2D eigenvalue weighted by Crippen LogP contribution is 2.18. The number of nitrogens with two attached hydrogens (primary N) is 1. The normalized spacial score (nSPS) is 26.8. The highest BCUT2D eigenvalue weighted by atomic mass is 32.2. The van der Waals surface area contributed by atoms with Gasteiger partial charge in [-0.05, 0) is 18.9 Å². The van der Waals surface area contributed by atoms with Gasteiger partial charge in [-0.15, -0.1) is 0 Å². The van der Waals surface area contributed by atoms with Crippen LogP contribution in [0.3, 0.4) is 0 Å². The van der Waals surface area contributed by atoms with Gasteiger partial charge < -0.3 is 10.6 Å². The van der Waals surface area contributed by atoms with Gasteiger partial charge in [0.2, 0.25) is 0 Å². The molecule has 1 saturated heterocycles. The van der Waals surface area contributed by atoms with Crippen LogP contribution >= 0.6 is 11.8 Å². The van der Waals surface area contributed by atoms with Crippen LogP contribution in [0, 0.1) is 5.92 Å². The highest BCUT2D eigenvalue weighted by molar-refractivity contribution is 7.99. The monoisotopic (exact) mass is 216 g/mol. The van der Waals surface area contributed by atoms with E-state index in [0.717, 1.165) is 11.7 Å². The molecule has 0 aromatic carbocycles. The third kappa shape index (κ3) is 4.20. The molecule has 84 valence electrons. The van der Waals surface area contributed by atoms with Crippen LogP contribution in [-0.2, 0) is 0 Å². The van der Waals surface area contributed by atoms with E-state index in [1.54, 1.807) is 0 Å². The zero-order chi connectivity index (χ0) is 10.6. The molecule has 0 aromatic rings. The van der Waals surface area contributed by atoms with Gasteiger partial charge in [0.25, 0.3) is 0 Å². The third-order valence-corrected chi connectivity index (χ3v) is 4.10. The van der Waals surface area contributed by atoms with Gasteiger partial charge in [-0.1, -0.05) is 20.8 Å². The molecule has 1 aliphatic rings. The van der Waals surface area contributed by atoms with Crippen molar-refractivity contribution in [2.45, 2.75) is 38.5 Å². The molecule has 0 radical (unpaired) electrons. The summed E-state index contributed by atoms with van der Waals surface area (Å²) < 4.78 is 0. The summed E-state index contributed by atoms with van der Waals surface area (Å²) in [6, 6.07) is 0.375. The van der Waals surface area contributed by atoms with Gasteiger partial charge in [-0.2, -0.15) is 11.8 Å². The summed E-state index contributed by atoms with van der Waals surface area (Å²) in [7, 11) is 0. The first kappa shape index (κ1) is 12.3. The maximum atomic E-state index is 6.04. The van der Waals surface area contributed by atoms with E-state index in [2.05, 4.69) is 37.4 Å². The number of thioether (sulfide) groups is 1. The topological polar surface area (TPSA) is 29.3 Å². The average molecular weight is 216 g/mol. The Bertz CT molecular complexity index is 161. The average Bonchev–Trinajstić information content (AvgIpc) is 2.14. The van der Waals surface area contributed by atoms with Gasteiger partial charge in [-0.3, -0.25) is 0 Å². The maximum absolute atomic E-state index is 6.04. The van der Waals surface area contributed by atoms with Gasteiger partial charge in [0.15, 0.2) is 0 Å². The van der Waals surface area contributed by atoms with Gasteiger partial charge in [0.1, 0.15) is 0 Å². The molecule has 0 saturated carbocycles. The SMILES string of the molecule is CC1CN(CCC(N)C(C)C)CCS1. The van der Waals surface area contributed by atoms with Crippen LogP contribution in [0.1, 0.15) is 27.2 Å². The summed E-state index contributed by atoms with van der Waals surface area (Å²) in [6.07, 6.45) is 1.15. The Kier molecular flexibility index (Phi) is 5.28. The van der Waals surface area contributed by atoms with Crippen LogP contribution < -0.4 is 5.73 Å². The highest BCUT2D eigenvalue weighted by Gasteiger charge is 2.17. The van der Waals surface area contributed by atoms with Crippen LogP contribution in [0.25, 0.3) is 0 Å². The first-order valence-corrected chi connectivity index (χ1v) is 6.74. The van der Waals surface area contributed by atoms with Gasteiger partial charge in [0, 0.05) is 30.1 Å². The van der Waals surface area contributed by atoms with E-state index in [4.69, 9.17) is 5.73 Å². The van der Waals surface area contributed by atoms with Gasteiger partial charge >= 0.3 is 0 Å². The Balaban J connectivity index is 2.17. The van der Waals surface area contributed by atoms with Crippen molar-refractivity contribution in [2.24, 2.45) is 11.7 Å². The molecule has 3 heteroatoms. The minimum absolute atomic E-state index is 0.375. The molecule has 1 heterocycles. The van der Waals surface area contributed by atoms with E-state index in [0.29, 0.717) is 12.0 Å². The Hall–Kier alpha value is 0.270. The Morgan fingerprint density at radius 2 is 2.21 bits per heavy atom. The number of nitrogens with zero attached hydrogens (tertiary/aromatic N) is 1. The smallest absolute Gasteiger partial charge is 0.0147 e.